The SMILES string of the molecule is Cc1cc(NC(=O)C(C)SCC(=O)Nc2ccc(N3CCN(C)CC3)cc2)no1. The molecule has 3 rings (SSSR count). The zero-order valence-electron chi connectivity index (χ0n) is 17.0. The smallest absolute Gasteiger partial charge is 0.238 e. The van der Waals surface area contributed by atoms with Crippen molar-refractivity contribution in [2.45, 2.75) is 19.1 Å². The molecule has 1 fully saturated rings. The Hall–Kier alpha value is -2.52. The Bertz CT molecular complexity index is 831. The lowest BCUT2D eigenvalue weighted by Gasteiger charge is -2.34. The third kappa shape index (κ3) is 6.23. The summed E-state index contributed by atoms with van der Waals surface area (Å²) in [4.78, 5) is 29.0. The van der Waals surface area contributed by atoms with Crippen LogP contribution in [0.2, 0.25) is 0 Å². The zero-order valence-corrected chi connectivity index (χ0v) is 17.8. The number of hydrogen-bond acceptors (Lipinski definition) is 7. The summed E-state index contributed by atoms with van der Waals surface area (Å²) >= 11 is 1.27. The minimum Gasteiger partial charge on any atom is -0.369 e. The molecular weight excluding hydrogens is 390 g/mol. The monoisotopic (exact) mass is 417 g/mol. The van der Waals surface area contributed by atoms with Gasteiger partial charge in [0.25, 0.3) is 0 Å². The molecule has 0 spiro atoms. The van der Waals surface area contributed by atoms with E-state index in [2.05, 4.69) is 32.6 Å². The van der Waals surface area contributed by atoms with E-state index in [-0.39, 0.29) is 17.6 Å². The van der Waals surface area contributed by atoms with E-state index in [1.54, 1.807) is 19.9 Å². The van der Waals surface area contributed by atoms with E-state index in [0.29, 0.717) is 11.6 Å². The quantitative estimate of drug-likeness (QED) is 0.715. The number of likely N-dealkylation sites (N-methyl/N-ethyl adjacent to an activating group) is 1. The van der Waals surface area contributed by atoms with Gasteiger partial charge in [0.15, 0.2) is 5.82 Å². The van der Waals surface area contributed by atoms with E-state index in [1.165, 1.54) is 17.4 Å². The van der Waals surface area contributed by atoms with Crippen molar-refractivity contribution in [1.29, 1.82) is 0 Å². The summed E-state index contributed by atoms with van der Waals surface area (Å²) in [7, 11) is 2.13. The number of anilines is 3. The van der Waals surface area contributed by atoms with E-state index in [4.69, 9.17) is 4.52 Å². The Morgan fingerprint density at radius 1 is 1.17 bits per heavy atom. The summed E-state index contributed by atoms with van der Waals surface area (Å²) in [5, 5.41) is 8.89. The third-order valence-corrected chi connectivity index (χ3v) is 5.88. The molecular formula is C20H27N5O3S. The topological polar surface area (TPSA) is 90.7 Å². The number of nitrogens with zero attached hydrogens (tertiary/aromatic N) is 3. The fourth-order valence-electron chi connectivity index (χ4n) is 2.95. The van der Waals surface area contributed by atoms with Crippen LogP contribution in [-0.2, 0) is 9.59 Å². The van der Waals surface area contributed by atoms with Crippen LogP contribution < -0.4 is 15.5 Å². The fourth-order valence-corrected chi connectivity index (χ4v) is 3.63. The maximum absolute atomic E-state index is 12.2. The van der Waals surface area contributed by atoms with Crippen molar-refractivity contribution in [3.8, 4) is 0 Å². The van der Waals surface area contributed by atoms with Crippen LogP contribution >= 0.6 is 11.8 Å². The summed E-state index contributed by atoms with van der Waals surface area (Å²) < 4.78 is 4.92. The minimum absolute atomic E-state index is 0.140. The van der Waals surface area contributed by atoms with E-state index in [0.717, 1.165) is 31.9 Å². The number of carbonyl (C=O) groups excluding carboxylic acids is 2. The highest BCUT2D eigenvalue weighted by molar-refractivity contribution is 8.01. The van der Waals surface area contributed by atoms with Gasteiger partial charge in [0.05, 0.1) is 11.0 Å². The van der Waals surface area contributed by atoms with Crippen LogP contribution in [0.5, 0.6) is 0 Å². The molecule has 1 saturated heterocycles. The summed E-state index contributed by atoms with van der Waals surface area (Å²) in [6.45, 7) is 7.63. The van der Waals surface area contributed by atoms with Crippen LogP contribution in [0.1, 0.15) is 12.7 Å². The van der Waals surface area contributed by atoms with Crippen LogP contribution in [0.15, 0.2) is 34.9 Å². The number of nitrogens with one attached hydrogen (secondary N) is 2. The number of piperazine rings is 1. The molecule has 0 saturated carbocycles. The van der Waals surface area contributed by atoms with Crippen molar-refractivity contribution in [2.24, 2.45) is 0 Å². The Balaban J connectivity index is 1.42. The Morgan fingerprint density at radius 3 is 2.48 bits per heavy atom. The molecule has 0 radical (unpaired) electrons. The van der Waals surface area contributed by atoms with Crippen molar-refractivity contribution in [2.75, 3.05) is 54.5 Å². The van der Waals surface area contributed by atoms with Gasteiger partial charge in [0, 0.05) is 43.6 Å². The van der Waals surface area contributed by atoms with Crippen molar-refractivity contribution in [3.63, 3.8) is 0 Å². The van der Waals surface area contributed by atoms with Crippen LogP contribution in [0.25, 0.3) is 0 Å². The van der Waals surface area contributed by atoms with E-state index in [9.17, 15) is 9.59 Å². The number of hydrogen-bond donors (Lipinski definition) is 2. The first kappa shape index (κ1) is 21.2. The van der Waals surface area contributed by atoms with Crippen LogP contribution in [0.4, 0.5) is 17.2 Å². The molecule has 1 aliphatic rings. The number of benzene rings is 1. The second kappa shape index (κ2) is 9.80. The maximum atomic E-state index is 12.2. The number of aryl methyl sites for hydroxylation is 1. The van der Waals surface area contributed by atoms with Gasteiger partial charge < -0.3 is 25.0 Å². The average Bonchev–Trinajstić information content (AvgIpc) is 3.12. The van der Waals surface area contributed by atoms with Crippen LogP contribution in [0.3, 0.4) is 0 Å². The molecule has 2 amide bonds. The van der Waals surface area contributed by atoms with Gasteiger partial charge >= 0.3 is 0 Å². The molecule has 156 valence electrons. The van der Waals surface area contributed by atoms with Crippen LogP contribution in [-0.4, -0.2) is 66.1 Å². The van der Waals surface area contributed by atoms with E-state index in [1.807, 2.05) is 24.3 Å². The Morgan fingerprint density at radius 2 is 1.86 bits per heavy atom. The molecule has 0 bridgehead atoms. The minimum atomic E-state index is -0.391. The predicted octanol–water partition coefficient (Wildman–Crippen LogP) is 2.43. The van der Waals surface area contributed by atoms with Gasteiger partial charge in [-0.15, -0.1) is 11.8 Å². The first-order valence-corrected chi connectivity index (χ1v) is 10.6. The molecule has 8 nitrogen and oxygen atoms in total. The Labute approximate surface area is 175 Å². The van der Waals surface area contributed by atoms with Crippen molar-refractivity contribution in [1.82, 2.24) is 10.1 Å². The van der Waals surface area contributed by atoms with Gasteiger partial charge in [0.1, 0.15) is 5.76 Å². The third-order valence-electron chi connectivity index (χ3n) is 4.73. The number of rotatable bonds is 7. The van der Waals surface area contributed by atoms with Gasteiger partial charge in [-0.1, -0.05) is 5.16 Å². The number of carbonyl (C=O) groups is 2. The summed E-state index contributed by atoms with van der Waals surface area (Å²) in [6.07, 6.45) is 0. The predicted molar refractivity (Wildman–Crippen MR) is 117 cm³/mol. The summed E-state index contributed by atoms with van der Waals surface area (Å²) in [5.74, 6) is 0.836. The highest BCUT2D eigenvalue weighted by Gasteiger charge is 2.17. The molecule has 9 heteroatoms. The highest BCUT2D eigenvalue weighted by atomic mass is 32.2. The lowest BCUT2D eigenvalue weighted by atomic mass is 10.2. The molecule has 0 aliphatic carbocycles. The molecule has 1 atom stereocenters. The lowest BCUT2D eigenvalue weighted by molar-refractivity contribution is -0.115. The summed E-state index contributed by atoms with van der Waals surface area (Å²) in [6, 6.07) is 9.54. The number of thioether (sulfide) groups is 1. The Kier molecular flexibility index (Phi) is 7.16. The number of aromatic nitrogens is 1. The standard InChI is InChI=1S/C20H27N5O3S/c1-14-12-18(23-28-14)22-20(27)15(2)29-13-19(26)21-16-4-6-17(7-5-16)25-10-8-24(3)9-11-25/h4-7,12,15H,8-11,13H2,1-3H3,(H,21,26)(H,22,23,27). The van der Waals surface area contributed by atoms with Crippen molar-refractivity contribution in [3.05, 3.63) is 36.1 Å². The fraction of sp³-hybridized carbons (Fsp3) is 0.450. The molecule has 2 heterocycles. The number of amides is 2. The maximum Gasteiger partial charge on any atom is 0.238 e. The van der Waals surface area contributed by atoms with Crippen LogP contribution in [0, 0.1) is 6.92 Å². The molecule has 29 heavy (non-hydrogen) atoms. The van der Waals surface area contributed by atoms with E-state index < -0.39 is 5.25 Å². The largest absolute Gasteiger partial charge is 0.369 e. The molecule has 1 unspecified atom stereocenters. The first-order chi connectivity index (χ1) is 13.9. The summed E-state index contributed by atoms with van der Waals surface area (Å²) in [5.41, 5.74) is 1.92. The molecule has 1 aliphatic heterocycles. The molecule has 2 aromatic rings. The zero-order chi connectivity index (χ0) is 20.8. The van der Waals surface area contributed by atoms with Gasteiger partial charge in [-0.2, -0.15) is 0 Å². The second-order valence-corrected chi connectivity index (χ2v) is 8.48. The average molecular weight is 418 g/mol. The highest BCUT2D eigenvalue weighted by Crippen LogP contribution is 2.20. The van der Waals surface area contributed by atoms with Gasteiger partial charge in [0.2, 0.25) is 11.8 Å². The normalized spacial score (nSPS) is 15.8. The second-order valence-electron chi connectivity index (χ2n) is 7.15. The lowest BCUT2D eigenvalue weighted by Crippen LogP contribution is -2.44. The van der Waals surface area contributed by atoms with E-state index >= 15 is 0 Å². The van der Waals surface area contributed by atoms with Crippen molar-refractivity contribution < 1.29 is 14.1 Å². The molecule has 1 aromatic carbocycles. The van der Waals surface area contributed by atoms with Gasteiger partial charge in [-0.05, 0) is 45.2 Å². The first-order valence-electron chi connectivity index (χ1n) is 9.60. The molecule has 1 aromatic heterocycles. The van der Waals surface area contributed by atoms with Gasteiger partial charge in [-0.3, -0.25) is 9.59 Å². The van der Waals surface area contributed by atoms with Crippen molar-refractivity contribution >= 4 is 40.8 Å². The molecule has 2 N–H and O–H groups in total. The van der Waals surface area contributed by atoms with Gasteiger partial charge in [-0.25, -0.2) is 0 Å².